The molecule has 17 heavy (non-hydrogen) atoms. The zero-order valence-electron chi connectivity index (χ0n) is 10.1. The van der Waals surface area contributed by atoms with Crippen LogP contribution < -0.4 is 0 Å². The molecule has 94 valence electrons. The molecule has 2 fully saturated rings. The normalized spacial score (nSPS) is 23.6. The molecule has 1 amide bonds. The molecule has 0 atom stereocenters. The third kappa shape index (κ3) is 2.89. The summed E-state index contributed by atoms with van der Waals surface area (Å²) >= 11 is 0. The Kier molecular flexibility index (Phi) is 3.53. The summed E-state index contributed by atoms with van der Waals surface area (Å²) in [5.74, 6) is 0.0941. The molecule has 2 rings (SSSR count). The molecule has 0 aromatic heterocycles. The summed E-state index contributed by atoms with van der Waals surface area (Å²) in [6, 6.07) is 2.24. The minimum Gasteiger partial charge on any atom is -0.449 e. The standard InChI is InChI=1S/C12H18N2O3/c1-12(7-16-8-12)9-17-11(15)14-4-2-10(6-13)3-5-14/h10H,2-5,7-9H2,1H3. The average molecular weight is 238 g/mol. The van der Waals surface area contributed by atoms with Crippen molar-refractivity contribution >= 4 is 6.09 Å². The van der Waals surface area contributed by atoms with Crippen LogP contribution in [-0.4, -0.2) is 43.9 Å². The van der Waals surface area contributed by atoms with Crippen LogP contribution in [0.25, 0.3) is 0 Å². The van der Waals surface area contributed by atoms with Crippen molar-refractivity contribution in [2.75, 3.05) is 32.9 Å². The van der Waals surface area contributed by atoms with Crippen LogP contribution >= 0.6 is 0 Å². The molecule has 2 saturated heterocycles. The monoisotopic (exact) mass is 238 g/mol. The van der Waals surface area contributed by atoms with Gasteiger partial charge in [-0.1, -0.05) is 6.92 Å². The van der Waals surface area contributed by atoms with E-state index in [-0.39, 0.29) is 17.4 Å². The summed E-state index contributed by atoms with van der Waals surface area (Å²) in [5, 5.41) is 8.77. The second kappa shape index (κ2) is 4.92. The van der Waals surface area contributed by atoms with Gasteiger partial charge in [-0.3, -0.25) is 0 Å². The van der Waals surface area contributed by atoms with Crippen molar-refractivity contribution in [1.29, 1.82) is 5.26 Å². The molecule has 0 spiro atoms. The highest BCUT2D eigenvalue weighted by Crippen LogP contribution is 2.27. The highest BCUT2D eigenvalue weighted by atomic mass is 16.6. The number of nitriles is 1. The van der Waals surface area contributed by atoms with Crippen molar-refractivity contribution in [2.24, 2.45) is 11.3 Å². The Hall–Kier alpha value is -1.28. The number of nitrogens with zero attached hydrogens (tertiary/aromatic N) is 2. The van der Waals surface area contributed by atoms with E-state index in [9.17, 15) is 4.79 Å². The van der Waals surface area contributed by atoms with Crippen molar-refractivity contribution in [3.63, 3.8) is 0 Å². The van der Waals surface area contributed by atoms with E-state index >= 15 is 0 Å². The van der Waals surface area contributed by atoms with Crippen LogP contribution in [0.1, 0.15) is 19.8 Å². The zero-order valence-corrected chi connectivity index (χ0v) is 10.1. The van der Waals surface area contributed by atoms with E-state index < -0.39 is 0 Å². The number of piperidine rings is 1. The van der Waals surface area contributed by atoms with Gasteiger partial charge >= 0.3 is 6.09 Å². The first-order chi connectivity index (χ1) is 8.13. The minimum atomic E-state index is -0.255. The van der Waals surface area contributed by atoms with Crippen LogP contribution in [0.2, 0.25) is 0 Å². The van der Waals surface area contributed by atoms with Gasteiger partial charge in [-0.05, 0) is 12.8 Å². The Bertz CT molecular complexity index is 325. The molecule has 0 N–H and O–H groups in total. The smallest absolute Gasteiger partial charge is 0.409 e. The number of rotatable bonds is 2. The van der Waals surface area contributed by atoms with Crippen molar-refractivity contribution in [3.8, 4) is 6.07 Å². The molecule has 5 heteroatoms. The maximum Gasteiger partial charge on any atom is 0.409 e. The SMILES string of the molecule is CC1(COC(=O)N2CCC(C#N)CC2)COC1. The van der Waals surface area contributed by atoms with Gasteiger partial charge in [-0.15, -0.1) is 0 Å². The van der Waals surface area contributed by atoms with E-state index in [1.165, 1.54) is 0 Å². The maximum absolute atomic E-state index is 11.8. The fraction of sp³-hybridized carbons (Fsp3) is 0.833. The van der Waals surface area contributed by atoms with Crippen LogP contribution in [0.3, 0.4) is 0 Å². The third-order valence-electron chi connectivity index (χ3n) is 3.38. The van der Waals surface area contributed by atoms with E-state index in [1.54, 1.807) is 4.90 Å². The molecule has 0 aliphatic carbocycles. The Morgan fingerprint density at radius 2 is 2.18 bits per heavy atom. The Morgan fingerprint density at radius 1 is 1.53 bits per heavy atom. The van der Waals surface area contributed by atoms with Gasteiger partial charge in [0.05, 0.1) is 19.3 Å². The Morgan fingerprint density at radius 3 is 2.65 bits per heavy atom. The van der Waals surface area contributed by atoms with Gasteiger partial charge in [0.25, 0.3) is 0 Å². The lowest BCUT2D eigenvalue weighted by molar-refractivity contribution is -0.128. The second-order valence-electron chi connectivity index (χ2n) is 5.25. The van der Waals surface area contributed by atoms with Crippen LogP contribution in [0, 0.1) is 22.7 Å². The number of hydrogen-bond acceptors (Lipinski definition) is 4. The first kappa shape index (κ1) is 12.2. The lowest BCUT2D eigenvalue weighted by Gasteiger charge is -2.38. The average Bonchev–Trinajstić information content (AvgIpc) is 2.33. The highest BCUT2D eigenvalue weighted by Gasteiger charge is 2.35. The lowest BCUT2D eigenvalue weighted by atomic mass is 9.90. The fourth-order valence-corrected chi connectivity index (χ4v) is 2.05. The van der Waals surface area contributed by atoms with Gasteiger partial charge in [0.1, 0.15) is 6.61 Å². The van der Waals surface area contributed by atoms with Gasteiger partial charge < -0.3 is 14.4 Å². The lowest BCUT2D eigenvalue weighted by Crippen LogP contribution is -2.46. The van der Waals surface area contributed by atoms with Gasteiger partial charge in [0.2, 0.25) is 0 Å². The highest BCUT2D eigenvalue weighted by molar-refractivity contribution is 5.67. The number of carbonyl (C=O) groups excluding carboxylic acids is 1. The molecule has 0 aromatic carbocycles. The van der Waals surface area contributed by atoms with E-state index in [2.05, 4.69) is 6.07 Å². The van der Waals surface area contributed by atoms with Gasteiger partial charge in [0, 0.05) is 24.4 Å². The molecule has 0 unspecified atom stereocenters. The molecule has 2 aliphatic heterocycles. The summed E-state index contributed by atoms with van der Waals surface area (Å²) in [6.07, 6.45) is 1.26. The van der Waals surface area contributed by atoms with E-state index in [0.29, 0.717) is 32.9 Å². The van der Waals surface area contributed by atoms with Crippen molar-refractivity contribution in [1.82, 2.24) is 4.90 Å². The van der Waals surface area contributed by atoms with Crippen molar-refractivity contribution in [2.45, 2.75) is 19.8 Å². The summed E-state index contributed by atoms with van der Waals surface area (Å²) in [6.45, 7) is 5.05. The topological polar surface area (TPSA) is 62.6 Å². The number of ether oxygens (including phenoxy) is 2. The minimum absolute atomic E-state index is 0.000631. The molecule has 0 aromatic rings. The van der Waals surface area contributed by atoms with Gasteiger partial charge in [0.15, 0.2) is 0 Å². The Labute approximate surface area is 101 Å². The largest absolute Gasteiger partial charge is 0.449 e. The number of likely N-dealkylation sites (tertiary alicyclic amines) is 1. The molecule has 0 bridgehead atoms. The predicted octanol–water partition coefficient (Wildman–Crippen LogP) is 1.40. The van der Waals surface area contributed by atoms with Crippen LogP contribution in [0.15, 0.2) is 0 Å². The molecule has 5 nitrogen and oxygen atoms in total. The summed E-state index contributed by atoms with van der Waals surface area (Å²) in [7, 11) is 0. The number of hydrogen-bond donors (Lipinski definition) is 0. The van der Waals surface area contributed by atoms with E-state index in [0.717, 1.165) is 12.8 Å². The summed E-state index contributed by atoms with van der Waals surface area (Å²) < 4.78 is 10.4. The molecular weight excluding hydrogens is 220 g/mol. The molecule has 0 saturated carbocycles. The van der Waals surface area contributed by atoms with Crippen LogP contribution in [-0.2, 0) is 9.47 Å². The first-order valence-corrected chi connectivity index (χ1v) is 6.02. The number of amides is 1. The number of carbonyl (C=O) groups is 1. The second-order valence-corrected chi connectivity index (χ2v) is 5.25. The maximum atomic E-state index is 11.8. The Balaban J connectivity index is 1.72. The molecule has 2 heterocycles. The van der Waals surface area contributed by atoms with Gasteiger partial charge in [-0.2, -0.15) is 5.26 Å². The van der Waals surface area contributed by atoms with Crippen molar-refractivity contribution < 1.29 is 14.3 Å². The van der Waals surface area contributed by atoms with Gasteiger partial charge in [-0.25, -0.2) is 4.79 Å². The molecular formula is C12H18N2O3. The first-order valence-electron chi connectivity index (χ1n) is 6.02. The van der Waals surface area contributed by atoms with Crippen LogP contribution in [0.5, 0.6) is 0 Å². The fourth-order valence-electron chi connectivity index (χ4n) is 2.05. The van der Waals surface area contributed by atoms with Crippen molar-refractivity contribution in [3.05, 3.63) is 0 Å². The summed E-state index contributed by atoms with van der Waals surface area (Å²) in [4.78, 5) is 13.5. The van der Waals surface area contributed by atoms with E-state index in [4.69, 9.17) is 14.7 Å². The third-order valence-corrected chi connectivity index (χ3v) is 3.38. The quantitative estimate of drug-likeness (QED) is 0.729. The van der Waals surface area contributed by atoms with E-state index in [1.807, 2.05) is 6.92 Å². The molecule has 2 aliphatic rings. The predicted molar refractivity (Wildman–Crippen MR) is 60.2 cm³/mol. The zero-order chi connectivity index (χ0) is 12.3. The molecule has 0 radical (unpaired) electrons. The summed E-state index contributed by atoms with van der Waals surface area (Å²) in [5.41, 5.74) is 0.000631. The van der Waals surface area contributed by atoms with Crippen LogP contribution in [0.4, 0.5) is 4.79 Å².